The van der Waals surface area contributed by atoms with Gasteiger partial charge in [0.05, 0.1) is 10.6 Å². The Morgan fingerprint density at radius 1 is 1.12 bits per heavy atom. The summed E-state index contributed by atoms with van der Waals surface area (Å²) in [6.07, 6.45) is 0.296. The lowest BCUT2D eigenvalue weighted by Gasteiger charge is -2.24. The van der Waals surface area contributed by atoms with Crippen LogP contribution in [0, 0.1) is 5.92 Å². The average molecular weight is 355 g/mol. The number of hydrogen-bond donors (Lipinski definition) is 3. The highest BCUT2D eigenvalue weighted by molar-refractivity contribution is 6.33. The minimum Gasteiger partial charge on any atom is -0.481 e. The van der Waals surface area contributed by atoms with E-state index in [-0.39, 0.29) is 24.3 Å². The Balaban J connectivity index is 2.73. The van der Waals surface area contributed by atoms with Crippen molar-refractivity contribution in [2.75, 3.05) is 0 Å². The van der Waals surface area contributed by atoms with Crippen LogP contribution in [0.1, 0.15) is 44.0 Å². The molecule has 0 spiro atoms. The maximum absolute atomic E-state index is 12.4. The zero-order valence-corrected chi connectivity index (χ0v) is 14.8. The van der Waals surface area contributed by atoms with Crippen molar-refractivity contribution in [1.82, 2.24) is 10.6 Å². The smallest absolute Gasteiger partial charge is 0.303 e. The number of hydrogen-bond acceptors (Lipinski definition) is 3. The van der Waals surface area contributed by atoms with Crippen LogP contribution in [-0.4, -0.2) is 35.0 Å². The lowest BCUT2D eigenvalue weighted by atomic mass is 10.0. The Hall–Kier alpha value is -2.08. The molecule has 0 radical (unpaired) electrons. The van der Waals surface area contributed by atoms with Gasteiger partial charge in [-0.3, -0.25) is 14.4 Å². The van der Waals surface area contributed by atoms with Crippen molar-refractivity contribution in [3.8, 4) is 0 Å². The van der Waals surface area contributed by atoms with E-state index in [1.807, 2.05) is 13.8 Å². The molecule has 132 valence electrons. The Morgan fingerprint density at radius 2 is 1.75 bits per heavy atom. The van der Waals surface area contributed by atoms with Crippen LogP contribution < -0.4 is 10.6 Å². The highest BCUT2D eigenvalue weighted by Gasteiger charge is 2.26. The predicted molar refractivity (Wildman–Crippen MR) is 92.0 cm³/mol. The first-order valence-electron chi connectivity index (χ1n) is 7.80. The van der Waals surface area contributed by atoms with Crippen LogP contribution in [0.3, 0.4) is 0 Å². The van der Waals surface area contributed by atoms with E-state index in [9.17, 15) is 14.4 Å². The van der Waals surface area contributed by atoms with Crippen LogP contribution in [0.4, 0.5) is 0 Å². The molecule has 1 aromatic rings. The van der Waals surface area contributed by atoms with Gasteiger partial charge in [-0.15, -0.1) is 0 Å². The normalized spacial score (nSPS) is 13.2. The summed E-state index contributed by atoms with van der Waals surface area (Å²) in [5, 5.41) is 14.4. The fraction of sp³-hybridized carbons (Fsp3) is 0.471. The summed E-state index contributed by atoms with van der Waals surface area (Å²) in [4.78, 5) is 35.3. The van der Waals surface area contributed by atoms with Gasteiger partial charge in [0.1, 0.15) is 6.04 Å². The Bertz CT molecular complexity index is 604. The molecule has 0 aliphatic carbocycles. The number of benzene rings is 1. The first kappa shape index (κ1) is 20.0. The van der Waals surface area contributed by atoms with Gasteiger partial charge in [0.15, 0.2) is 0 Å². The van der Waals surface area contributed by atoms with Crippen LogP contribution >= 0.6 is 11.6 Å². The molecule has 2 atom stereocenters. The van der Waals surface area contributed by atoms with E-state index in [2.05, 4.69) is 10.6 Å². The van der Waals surface area contributed by atoms with E-state index >= 15 is 0 Å². The molecule has 0 saturated heterocycles. The number of carbonyl (C=O) groups excluding carboxylic acids is 2. The van der Waals surface area contributed by atoms with Gasteiger partial charge >= 0.3 is 5.97 Å². The zero-order valence-electron chi connectivity index (χ0n) is 14.0. The third-order valence-corrected chi connectivity index (χ3v) is 3.86. The molecule has 2 amide bonds. The lowest BCUT2D eigenvalue weighted by molar-refractivity contribution is -0.137. The summed E-state index contributed by atoms with van der Waals surface area (Å²) in [6.45, 7) is 5.37. The summed E-state index contributed by atoms with van der Waals surface area (Å²) < 4.78 is 0. The van der Waals surface area contributed by atoms with Gasteiger partial charge < -0.3 is 15.7 Å². The van der Waals surface area contributed by atoms with E-state index in [1.165, 1.54) is 0 Å². The largest absolute Gasteiger partial charge is 0.481 e. The zero-order chi connectivity index (χ0) is 18.3. The molecule has 3 N–H and O–H groups in total. The average Bonchev–Trinajstić information content (AvgIpc) is 2.50. The minimum atomic E-state index is -0.913. The Kier molecular flexibility index (Phi) is 7.71. The van der Waals surface area contributed by atoms with Crippen LogP contribution in [0.2, 0.25) is 5.02 Å². The number of carbonyl (C=O) groups is 3. The first-order chi connectivity index (χ1) is 11.2. The van der Waals surface area contributed by atoms with Gasteiger partial charge in [0, 0.05) is 12.5 Å². The molecule has 0 saturated carbocycles. The number of rotatable bonds is 8. The van der Waals surface area contributed by atoms with Gasteiger partial charge in [-0.2, -0.15) is 0 Å². The summed E-state index contributed by atoms with van der Waals surface area (Å²) in [6, 6.07) is 5.57. The van der Waals surface area contributed by atoms with E-state index in [0.717, 1.165) is 0 Å². The molecule has 24 heavy (non-hydrogen) atoms. The maximum atomic E-state index is 12.4. The minimum absolute atomic E-state index is 0.0280. The van der Waals surface area contributed by atoms with E-state index in [4.69, 9.17) is 16.7 Å². The summed E-state index contributed by atoms with van der Waals surface area (Å²) in [5.41, 5.74) is 0.302. The molecule has 0 bridgehead atoms. The number of halogens is 1. The van der Waals surface area contributed by atoms with Crippen molar-refractivity contribution in [3.63, 3.8) is 0 Å². The van der Waals surface area contributed by atoms with E-state index in [1.54, 1.807) is 31.2 Å². The standard InChI is InChI=1S/C17H23ClN2O4/c1-10(2)15(17(24)19-11(3)8-9-14(21)22)20-16(23)12-6-4-5-7-13(12)18/h4-7,10-11,15H,8-9H2,1-3H3,(H,19,24)(H,20,23)(H,21,22). The van der Waals surface area contributed by atoms with Gasteiger partial charge in [-0.1, -0.05) is 37.6 Å². The van der Waals surface area contributed by atoms with E-state index in [0.29, 0.717) is 17.0 Å². The maximum Gasteiger partial charge on any atom is 0.303 e. The molecule has 1 aromatic carbocycles. The van der Waals surface area contributed by atoms with Crippen molar-refractivity contribution in [1.29, 1.82) is 0 Å². The molecular weight excluding hydrogens is 332 g/mol. The number of carboxylic acids is 1. The second-order valence-corrected chi connectivity index (χ2v) is 6.42. The Labute approximate surface area is 146 Å². The fourth-order valence-electron chi connectivity index (χ4n) is 2.14. The topological polar surface area (TPSA) is 95.5 Å². The summed E-state index contributed by atoms with van der Waals surface area (Å²) >= 11 is 6.00. The lowest BCUT2D eigenvalue weighted by Crippen LogP contribution is -2.51. The molecule has 2 unspecified atom stereocenters. The second-order valence-electron chi connectivity index (χ2n) is 6.02. The third kappa shape index (κ3) is 6.20. The number of aliphatic carboxylic acids is 1. The van der Waals surface area contributed by atoms with Gasteiger partial charge in [-0.05, 0) is 31.4 Å². The predicted octanol–water partition coefficient (Wildman–Crippen LogP) is 2.46. The van der Waals surface area contributed by atoms with Crippen LogP contribution in [0.15, 0.2) is 24.3 Å². The van der Waals surface area contributed by atoms with Crippen LogP contribution in [-0.2, 0) is 9.59 Å². The van der Waals surface area contributed by atoms with Crippen LogP contribution in [0.5, 0.6) is 0 Å². The summed E-state index contributed by atoms with van der Waals surface area (Å²) in [5.74, 6) is -1.82. The Morgan fingerprint density at radius 3 is 2.29 bits per heavy atom. The molecule has 0 aromatic heterocycles. The van der Waals surface area contributed by atoms with Gasteiger partial charge in [-0.25, -0.2) is 0 Å². The third-order valence-electron chi connectivity index (χ3n) is 3.53. The molecule has 0 aliphatic rings. The van der Waals surface area contributed by atoms with Gasteiger partial charge in [0.2, 0.25) is 5.91 Å². The molecule has 6 nitrogen and oxygen atoms in total. The highest BCUT2D eigenvalue weighted by atomic mass is 35.5. The monoisotopic (exact) mass is 354 g/mol. The van der Waals surface area contributed by atoms with Crippen molar-refractivity contribution < 1.29 is 19.5 Å². The number of carboxylic acid groups (broad SMARTS) is 1. The van der Waals surface area contributed by atoms with Crippen molar-refractivity contribution in [3.05, 3.63) is 34.9 Å². The molecule has 0 heterocycles. The molecule has 1 rings (SSSR count). The van der Waals surface area contributed by atoms with Crippen LogP contribution in [0.25, 0.3) is 0 Å². The molecule has 7 heteroatoms. The fourth-order valence-corrected chi connectivity index (χ4v) is 2.37. The SMILES string of the molecule is CC(CCC(=O)O)NC(=O)C(NC(=O)c1ccccc1Cl)C(C)C. The highest BCUT2D eigenvalue weighted by Crippen LogP contribution is 2.15. The van der Waals surface area contributed by atoms with E-state index < -0.39 is 17.9 Å². The van der Waals surface area contributed by atoms with Crippen molar-refractivity contribution >= 4 is 29.4 Å². The molecule has 0 fully saturated rings. The molecule has 0 aliphatic heterocycles. The van der Waals surface area contributed by atoms with Crippen molar-refractivity contribution in [2.24, 2.45) is 5.92 Å². The number of nitrogens with one attached hydrogen (secondary N) is 2. The number of amides is 2. The summed E-state index contributed by atoms with van der Waals surface area (Å²) in [7, 11) is 0. The van der Waals surface area contributed by atoms with Crippen molar-refractivity contribution in [2.45, 2.75) is 45.7 Å². The molecular formula is C17H23ClN2O4. The first-order valence-corrected chi connectivity index (χ1v) is 8.17. The quantitative estimate of drug-likeness (QED) is 0.668. The van der Waals surface area contributed by atoms with Gasteiger partial charge in [0.25, 0.3) is 5.91 Å². The second kappa shape index (κ2) is 9.27.